The van der Waals surface area contributed by atoms with Crippen molar-refractivity contribution >= 4 is 11.5 Å². The van der Waals surface area contributed by atoms with Gasteiger partial charge in [-0.05, 0) is 43.2 Å². The lowest BCUT2D eigenvalue weighted by atomic mass is 9.77. The highest BCUT2D eigenvalue weighted by atomic mass is 16.1. The molecule has 0 radical (unpaired) electrons. The Kier molecular flexibility index (Phi) is 3.58. The molecule has 2 nitrogen and oxygen atoms in total. The van der Waals surface area contributed by atoms with Crippen molar-refractivity contribution in [2.75, 3.05) is 11.9 Å². The molecule has 1 aliphatic carbocycles. The van der Waals surface area contributed by atoms with Crippen LogP contribution in [0.1, 0.15) is 54.9 Å². The van der Waals surface area contributed by atoms with Gasteiger partial charge in [0, 0.05) is 23.7 Å². The summed E-state index contributed by atoms with van der Waals surface area (Å²) >= 11 is 0. The fourth-order valence-electron chi connectivity index (χ4n) is 3.63. The summed E-state index contributed by atoms with van der Waals surface area (Å²) in [6, 6.07) is 6.17. The minimum Gasteiger partial charge on any atom is -0.385 e. The second-order valence-corrected chi connectivity index (χ2v) is 6.19. The van der Waals surface area contributed by atoms with Crippen LogP contribution in [-0.4, -0.2) is 12.3 Å². The first-order valence-corrected chi connectivity index (χ1v) is 7.65. The highest BCUT2D eigenvalue weighted by Crippen LogP contribution is 2.33. The first kappa shape index (κ1) is 12.7. The average Bonchev–Trinajstić information content (AvgIpc) is 2.46. The number of Topliss-reactive ketones (excluding diaryl/α,β-unsaturated/α-hetero) is 1. The van der Waals surface area contributed by atoms with E-state index in [1.807, 2.05) is 12.1 Å². The van der Waals surface area contributed by atoms with E-state index < -0.39 is 0 Å². The van der Waals surface area contributed by atoms with Crippen molar-refractivity contribution in [2.24, 2.45) is 11.8 Å². The maximum absolute atomic E-state index is 12.8. The van der Waals surface area contributed by atoms with E-state index in [2.05, 4.69) is 18.3 Å². The quantitative estimate of drug-likeness (QED) is 0.810. The van der Waals surface area contributed by atoms with Gasteiger partial charge in [0.2, 0.25) is 0 Å². The number of carbonyl (C=O) groups excluding carboxylic acids is 1. The maximum atomic E-state index is 12.8. The van der Waals surface area contributed by atoms with Gasteiger partial charge in [0.05, 0.1) is 0 Å². The number of benzene rings is 1. The van der Waals surface area contributed by atoms with Crippen molar-refractivity contribution in [1.29, 1.82) is 0 Å². The summed E-state index contributed by atoms with van der Waals surface area (Å²) in [7, 11) is 0. The maximum Gasteiger partial charge on any atom is 0.166 e. The van der Waals surface area contributed by atoms with Crippen LogP contribution in [0.3, 0.4) is 0 Å². The molecule has 1 aliphatic heterocycles. The lowest BCUT2D eigenvalue weighted by Crippen LogP contribution is -2.24. The molecule has 0 amide bonds. The van der Waals surface area contributed by atoms with Crippen LogP contribution >= 0.6 is 0 Å². The van der Waals surface area contributed by atoms with Crippen LogP contribution in [0.15, 0.2) is 18.2 Å². The third kappa shape index (κ3) is 2.54. The first-order chi connectivity index (χ1) is 9.25. The van der Waals surface area contributed by atoms with Crippen LogP contribution in [0, 0.1) is 11.8 Å². The summed E-state index contributed by atoms with van der Waals surface area (Å²) in [4.78, 5) is 12.8. The van der Waals surface area contributed by atoms with Crippen molar-refractivity contribution in [3.05, 3.63) is 29.3 Å². The summed E-state index contributed by atoms with van der Waals surface area (Å²) in [6.45, 7) is 3.31. The molecule has 3 rings (SSSR count). The second-order valence-electron chi connectivity index (χ2n) is 6.19. The van der Waals surface area contributed by atoms with Crippen LogP contribution in [0.2, 0.25) is 0 Å². The lowest BCUT2D eigenvalue weighted by Gasteiger charge is -2.27. The molecule has 1 fully saturated rings. The number of hydrogen-bond donors (Lipinski definition) is 1. The molecule has 2 unspecified atom stereocenters. The Morgan fingerprint density at radius 3 is 3.00 bits per heavy atom. The number of carbonyl (C=O) groups is 1. The summed E-state index contributed by atoms with van der Waals surface area (Å²) < 4.78 is 0. The van der Waals surface area contributed by atoms with Gasteiger partial charge in [-0.15, -0.1) is 0 Å². The molecular formula is C17H23NO. The Labute approximate surface area is 115 Å². The number of fused-ring (bicyclic) bond motifs is 1. The van der Waals surface area contributed by atoms with Crippen molar-refractivity contribution in [2.45, 2.75) is 45.4 Å². The van der Waals surface area contributed by atoms with Gasteiger partial charge in [0.25, 0.3) is 0 Å². The van der Waals surface area contributed by atoms with E-state index in [9.17, 15) is 4.79 Å². The summed E-state index contributed by atoms with van der Waals surface area (Å²) in [6.07, 6.45) is 6.85. The van der Waals surface area contributed by atoms with Crippen LogP contribution in [0.25, 0.3) is 0 Å². The van der Waals surface area contributed by atoms with E-state index in [0.29, 0.717) is 11.7 Å². The Morgan fingerprint density at radius 1 is 1.26 bits per heavy atom. The number of nitrogens with one attached hydrogen (secondary N) is 1. The standard InChI is InChI=1S/C17H23NO/c1-12-5-2-6-13(11-12)17(19)15-7-3-9-16-14(15)8-4-10-18-16/h3,7,9,12-13,18H,2,4-6,8,10-11H2,1H3. The number of ketones is 1. The van der Waals surface area contributed by atoms with Crippen LogP contribution in [0.4, 0.5) is 5.69 Å². The molecule has 1 heterocycles. The molecule has 0 aromatic heterocycles. The molecule has 1 N–H and O–H groups in total. The van der Waals surface area contributed by atoms with E-state index in [0.717, 1.165) is 37.8 Å². The molecule has 1 aromatic rings. The average molecular weight is 257 g/mol. The molecule has 2 atom stereocenters. The van der Waals surface area contributed by atoms with E-state index in [-0.39, 0.29) is 5.92 Å². The summed E-state index contributed by atoms with van der Waals surface area (Å²) in [5.41, 5.74) is 3.43. The van der Waals surface area contributed by atoms with Gasteiger partial charge >= 0.3 is 0 Å². The minimum absolute atomic E-state index is 0.261. The molecular weight excluding hydrogens is 234 g/mol. The Hall–Kier alpha value is -1.31. The fourth-order valence-corrected chi connectivity index (χ4v) is 3.63. The molecule has 2 aliphatic rings. The molecule has 19 heavy (non-hydrogen) atoms. The van der Waals surface area contributed by atoms with E-state index in [4.69, 9.17) is 0 Å². The smallest absolute Gasteiger partial charge is 0.166 e. The van der Waals surface area contributed by atoms with Gasteiger partial charge < -0.3 is 5.32 Å². The molecule has 0 saturated heterocycles. The van der Waals surface area contributed by atoms with Crippen LogP contribution in [0.5, 0.6) is 0 Å². The lowest BCUT2D eigenvalue weighted by molar-refractivity contribution is 0.0867. The van der Waals surface area contributed by atoms with Crippen LogP contribution in [-0.2, 0) is 6.42 Å². The Bertz CT molecular complexity index is 480. The third-order valence-corrected chi connectivity index (χ3v) is 4.67. The predicted octanol–water partition coefficient (Wildman–Crippen LogP) is 4.05. The van der Waals surface area contributed by atoms with Gasteiger partial charge in [-0.1, -0.05) is 31.9 Å². The fraction of sp³-hybridized carbons (Fsp3) is 0.588. The molecule has 102 valence electrons. The SMILES string of the molecule is CC1CCCC(C(=O)c2cccc3c2CCCN3)C1. The van der Waals surface area contributed by atoms with E-state index >= 15 is 0 Å². The normalized spacial score (nSPS) is 26.4. The highest BCUT2D eigenvalue weighted by molar-refractivity contribution is 6.00. The topological polar surface area (TPSA) is 29.1 Å². The second kappa shape index (κ2) is 5.36. The zero-order valence-corrected chi connectivity index (χ0v) is 11.7. The predicted molar refractivity (Wildman–Crippen MR) is 78.7 cm³/mol. The van der Waals surface area contributed by atoms with Crippen molar-refractivity contribution in [1.82, 2.24) is 0 Å². The van der Waals surface area contributed by atoms with Crippen molar-refractivity contribution in [3.63, 3.8) is 0 Å². The number of anilines is 1. The van der Waals surface area contributed by atoms with Gasteiger partial charge in [0.15, 0.2) is 5.78 Å². The molecule has 0 bridgehead atoms. The van der Waals surface area contributed by atoms with Crippen molar-refractivity contribution in [3.8, 4) is 0 Å². The largest absolute Gasteiger partial charge is 0.385 e. The van der Waals surface area contributed by atoms with Crippen LogP contribution < -0.4 is 5.32 Å². The zero-order valence-electron chi connectivity index (χ0n) is 11.7. The monoisotopic (exact) mass is 257 g/mol. The van der Waals surface area contributed by atoms with Gasteiger partial charge in [-0.3, -0.25) is 4.79 Å². The third-order valence-electron chi connectivity index (χ3n) is 4.67. The molecule has 2 heteroatoms. The van der Waals surface area contributed by atoms with Gasteiger partial charge in [-0.25, -0.2) is 0 Å². The summed E-state index contributed by atoms with van der Waals surface area (Å²) in [5, 5.41) is 3.42. The highest BCUT2D eigenvalue weighted by Gasteiger charge is 2.28. The van der Waals surface area contributed by atoms with E-state index in [1.165, 1.54) is 24.1 Å². The van der Waals surface area contributed by atoms with Gasteiger partial charge in [0.1, 0.15) is 0 Å². The number of rotatable bonds is 2. The van der Waals surface area contributed by atoms with Gasteiger partial charge in [-0.2, -0.15) is 0 Å². The number of hydrogen-bond acceptors (Lipinski definition) is 2. The molecule has 0 spiro atoms. The molecule has 1 saturated carbocycles. The summed E-state index contributed by atoms with van der Waals surface area (Å²) in [5.74, 6) is 1.37. The Balaban J connectivity index is 1.87. The molecule has 1 aromatic carbocycles. The minimum atomic E-state index is 0.261. The van der Waals surface area contributed by atoms with E-state index in [1.54, 1.807) is 0 Å². The first-order valence-electron chi connectivity index (χ1n) is 7.65. The van der Waals surface area contributed by atoms with Crippen molar-refractivity contribution < 1.29 is 4.79 Å². The zero-order chi connectivity index (χ0) is 13.2. The Morgan fingerprint density at radius 2 is 2.16 bits per heavy atom.